The van der Waals surface area contributed by atoms with Gasteiger partial charge < -0.3 is 20.6 Å². The summed E-state index contributed by atoms with van der Waals surface area (Å²) in [5.74, 6) is -0.474. The maximum atomic E-state index is 12.6. The quantitative estimate of drug-likeness (QED) is 0.0362. The van der Waals surface area contributed by atoms with Crippen LogP contribution >= 0.6 is 0 Å². The molecule has 4 N–H and O–H groups in total. The number of allylic oxidation sites excluding steroid dienone is 4. The van der Waals surface area contributed by atoms with E-state index >= 15 is 0 Å². The lowest BCUT2D eigenvalue weighted by molar-refractivity contribution is -0.131. The summed E-state index contributed by atoms with van der Waals surface area (Å²) in [4.78, 5) is 12.6. The first-order valence-corrected chi connectivity index (χ1v) is 27.6. The van der Waals surface area contributed by atoms with Crippen molar-refractivity contribution in [3.63, 3.8) is 0 Å². The van der Waals surface area contributed by atoms with Crippen molar-refractivity contribution in [1.29, 1.82) is 0 Å². The molecule has 1 amide bonds. The van der Waals surface area contributed by atoms with Crippen molar-refractivity contribution in [3.8, 4) is 0 Å². The average molecular weight is 860 g/mol. The number of carbonyl (C=O) groups excluding carboxylic acids is 1. The zero-order valence-corrected chi connectivity index (χ0v) is 41.3. The van der Waals surface area contributed by atoms with Gasteiger partial charge in [-0.15, -0.1) is 0 Å². The lowest BCUT2D eigenvalue weighted by Crippen LogP contribution is -2.49. The lowest BCUT2D eigenvalue weighted by Gasteiger charge is -2.23. The summed E-state index contributed by atoms with van der Waals surface area (Å²) in [5.41, 5.74) is 0. The van der Waals surface area contributed by atoms with Crippen LogP contribution in [0, 0.1) is 0 Å². The Balaban J connectivity index is 3.56. The standard InChI is InChI=1S/C56H109NO4/c1-3-5-7-9-11-13-15-17-19-21-23-25-27-28-29-31-32-34-36-38-40-42-44-46-48-50-54(59)53(52-58)57-56(61)55(60)51-49-47-45-43-41-39-37-35-33-30-26-24-22-20-18-16-14-12-10-8-6-4-2/h24,26,33,35,53-55,58-60H,3-23,25,27-32,34,36-52H2,1-2H3,(H,57,61)/b26-24-,35-33-. The van der Waals surface area contributed by atoms with Crippen LogP contribution < -0.4 is 5.32 Å². The summed E-state index contributed by atoms with van der Waals surface area (Å²) in [6.07, 6.45) is 65.0. The zero-order valence-electron chi connectivity index (χ0n) is 41.3. The molecule has 0 spiro atoms. The lowest BCUT2D eigenvalue weighted by atomic mass is 10.0. The van der Waals surface area contributed by atoms with Crippen molar-refractivity contribution in [2.45, 2.75) is 321 Å². The number of amides is 1. The molecule has 0 aromatic heterocycles. The molecule has 0 saturated heterocycles. The molecule has 0 aliphatic heterocycles. The van der Waals surface area contributed by atoms with E-state index in [1.165, 1.54) is 231 Å². The third-order valence-corrected chi connectivity index (χ3v) is 13.1. The monoisotopic (exact) mass is 860 g/mol. The fraction of sp³-hybridized carbons (Fsp3) is 0.911. The first-order valence-electron chi connectivity index (χ1n) is 27.6. The van der Waals surface area contributed by atoms with Gasteiger partial charge in [0.05, 0.1) is 18.8 Å². The Labute approximate surface area is 382 Å². The van der Waals surface area contributed by atoms with E-state index in [0.29, 0.717) is 12.8 Å². The number of rotatable bonds is 51. The van der Waals surface area contributed by atoms with Gasteiger partial charge in [0.15, 0.2) is 0 Å². The van der Waals surface area contributed by atoms with Gasteiger partial charge in [0.2, 0.25) is 5.91 Å². The molecular formula is C56H109NO4. The number of unbranched alkanes of at least 4 members (excludes halogenated alkanes) is 39. The highest BCUT2D eigenvalue weighted by atomic mass is 16.3. The number of hydrogen-bond acceptors (Lipinski definition) is 4. The van der Waals surface area contributed by atoms with Crippen LogP contribution in [0.2, 0.25) is 0 Å². The highest BCUT2D eigenvalue weighted by molar-refractivity contribution is 5.80. The minimum absolute atomic E-state index is 0.315. The van der Waals surface area contributed by atoms with Crippen LogP contribution in [0.25, 0.3) is 0 Å². The first-order chi connectivity index (χ1) is 30.1. The maximum Gasteiger partial charge on any atom is 0.249 e. The van der Waals surface area contributed by atoms with Crippen LogP contribution in [0.1, 0.15) is 303 Å². The molecular weight excluding hydrogens is 751 g/mol. The fourth-order valence-corrected chi connectivity index (χ4v) is 8.75. The molecule has 0 radical (unpaired) electrons. The predicted molar refractivity (Wildman–Crippen MR) is 268 cm³/mol. The molecule has 3 atom stereocenters. The second kappa shape index (κ2) is 51.5. The number of carbonyl (C=O) groups is 1. The minimum Gasteiger partial charge on any atom is -0.394 e. The Bertz CT molecular complexity index is 905. The Hall–Kier alpha value is -1.17. The highest BCUT2D eigenvalue weighted by Gasteiger charge is 2.23. The second-order valence-electron chi connectivity index (χ2n) is 19.1. The van der Waals surface area contributed by atoms with Crippen LogP contribution in [-0.4, -0.2) is 46.1 Å². The Morgan fingerprint density at radius 3 is 0.984 bits per heavy atom. The molecule has 5 nitrogen and oxygen atoms in total. The highest BCUT2D eigenvalue weighted by Crippen LogP contribution is 2.18. The summed E-state index contributed by atoms with van der Waals surface area (Å²) in [6, 6.07) is -0.717. The van der Waals surface area contributed by atoms with E-state index < -0.39 is 24.2 Å². The van der Waals surface area contributed by atoms with Crippen LogP contribution in [0.3, 0.4) is 0 Å². The summed E-state index contributed by atoms with van der Waals surface area (Å²) in [5, 5.41) is 33.5. The van der Waals surface area contributed by atoms with Gasteiger partial charge in [-0.2, -0.15) is 0 Å². The zero-order chi connectivity index (χ0) is 44.4. The topological polar surface area (TPSA) is 89.8 Å². The molecule has 362 valence electrons. The number of aliphatic hydroxyl groups is 3. The molecule has 0 saturated carbocycles. The van der Waals surface area contributed by atoms with Gasteiger partial charge in [-0.25, -0.2) is 0 Å². The van der Waals surface area contributed by atoms with Gasteiger partial charge in [-0.05, 0) is 44.9 Å². The molecule has 0 aromatic rings. The van der Waals surface area contributed by atoms with Gasteiger partial charge in [0.25, 0.3) is 0 Å². The molecule has 0 fully saturated rings. The van der Waals surface area contributed by atoms with Crippen molar-refractivity contribution in [1.82, 2.24) is 5.32 Å². The number of hydrogen-bond donors (Lipinski definition) is 4. The van der Waals surface area contributed by atoms with Crippen LogP contribution in [0.4, 0.5) is 0 Å². The van der Waals surface area contributed by atoms with Gasteiger partial charge >= 0.3 is 0 Å². The molecule has 61 heavy (non-hydrogen) atoms. The summed E-state index contributed by atoms with van der Waals surface area (Å²) < 4.78 is 0. The Morgan fingerprint density at radius 1 is 0.393 bits per heavy atom. The van der Waals surface area contributed by atoms with E-state index in [1.54, 1.807) is 0 Å². The van der Waals surface area contributed by atoms with Gasteiger partial charge in [-0.1, -0.05) is 282 Å². The molecule has 0 aromatic carbocycles. The van der Waals surface area contributed by atoms with E-state index in [-0.39, 0.29) is 6.61 Å². The molecule has 3 unspecified atom stereocenters. The molecule has 0 heterocycles. The fourth-order valence-electron chi connectivity index (χ4n) is 8.75. The van der Waals surface area contributed by atoms with Crippen LogP contribution in [0.15, 0.2) is 24.3 Å². The maximum absolute atomic E-state index is 12.6. The van der Waals surface area contributed by atoms with E-state index in [0.717, 1.165) is 44.9 Å². The van der Waals surface area contributed by atoms with E-state index in [9.17, 15) is 20.1 Å². The second-order valence-corrected chi connectivity index (χ2v) is 19.1. The summed E-state index contributed by atoms with van der Waals surface area (Å²) in [7, 11) is 0. The number of nitrogens with one attached hydrogen (secondary N) is 1. The van der Waals surface area contributed by atoms with Crippen molar-refractivity contribution in [2.75, 3.05) is 6.61 Å². The van der Waals surface area contributed by atoms with Crippen molar-refractivity contribution in [3.05, 3.63) is 24.3 Å². The van der Waals surface area contributed by atoms with E-state index in [2.05, 4.69) is 43.5 Å². The van der Waals surface area contributed by atoms with Crippen molar-refractivity contribution in [2.24, 2.45) is 0 Å². The third-order valence-electron chi connectivity index (χ3n) is 13.1. The number of aliphatic hydroxyl groups excluding tert-OH is 3. The van der Waals surface area contributed by atoms with Crippen molar-refractivity contribution >= 4 is 5.91 Å². The van der Waals surface area contributed by atoms with Crippen LogP contribution in [0.5, 0.6) is 0 Å². The minimum atomic E-state index is -1.08. The van der Waals surface area contributed by atoms with E-state index in [1.807, 2.05) is 0 Å². The molecule has 0 bridgehead atoms. The van der Waals surface area contributed by atoms with Gasteiger partial charge in [0.1, 0.15) is 6.10 Å². The molecule has 5 heteroatoms. The third kappa shape index (κ3) is 46.6. The normalized spacial score (nSPS) is 13.5. The summed E-state index contributed by atoms with van der Waals surface area (Å²) in [6.45, 7) is 4.26. The largest absolute Gasteiger partial charge is 0.394 e. The van der Waals surface area contributed by atoms with Gasteiger partial charge in [0, 0.05) is 0 Å². The molecule has 0 aliphatic carbocycles. The molecule has 0 aliphatic rings. The van der Waals surface area contributed by atoms with E-state index in [4.69, 9.17) is 0 Å². The first kappa shape index (κ1) is 59.8. The average Bonchev–Trinajstić information content (AvgIpc) is 3.26. The Morgan fingerprint density at radius 2 is 0.672 bits per heavy atom. The smallest absolute Gasteiger partial charge is 0.249 e. The van der Waals surface area contributed by atoms with Crippen LogP contribution in [-0.2, 0) is 4.79 Å². The van der Waals surface area contributed by atoms with Crippen molar-refractivity contribution < 1.29 is 20.1 Å². The van der Waals surface area contributed by atoms with Gasteiger partial charge in [-0.3, -0.25) is 4.79 Å². The SMILES string of the molecule is CCCCCCCCCCC/C=C\C/C=C\CCCCCCCCC(O)C(=O)NC(CO)C(O)CCCCCCCCCCCCCCCCCCCCCCCCCCC. The predicted octanol–water partition coefficient (Wildman–Crippen LogP) is 16.9. The summed E-state index contributed by atoms with van der Waals surface area (Å²) >= 11 is 0. The molecule has 0 rings (SSSR count). The Kier molecular flexibility index (Phi) is 50.5.